The summed E-state index contributed by atoms with van der Waals surface area (Å²) < 4.78 is 0. The van der Waals surface area contributed by atoms with Crippen molar-refractivity contribution in [2.45, 2.75) is 0 Å². The Morgan fingerprint density at radius 3 is 2.67 bits per heavy atom. The molecular formula is C19H15N5O2S. The first-order valence-corrected chi connectivity index (χ1v) is 8.94. The third-order valence-electron chi connectivity index (χ3n) is 3.88. The summed E-state index contributed by atoms with van der Waals surface area (Å²) in [6, 6.07) is 16.4. The minimum Gasteiger partial charge on any atom is -0.506 e. The Kier molecular flexibility index (Phi) is 4.31. The van der Waals surface area contributed by atoms with Gasteiger partial charge in [-0.3, -0.25) is 15.6 Å². The summed E-state index contributed by atoms with van der Waals surface area (Å²) in [6.45, 7) is 3.83. The number of nitrogens with zero attached hydrogens (tertiary/aromatic N) is 3. The number of hydrogen-bond donors (Lipinski definition) is 3. The third kappa shape index (κ3) is 3.25. The van der Waals surface area contributed by atoms with Crippen LogP contribution in [0.5, 0.6) is 5.75 Å². The van der Waals surface area contributed by atoms with Gasteiger partial charge in [0.15, 0.2) is 5.71 Å². The van der Waals surface area contributed by atoms with Crippen LogP contribution in [0.4, 0.5) is 10.8 Å². The van der Waals surface area contributed by atoms with E-state index < -0.39 is 0 Å². The van der Waals surface area contributed by atoms with Gasteiger partial charge in [0.05, 0.1) is 17.1 Å². The van der Waals surface area contributed by atoms with E-state index in [2.05, 4.69) is 27.5 Å². The molecule has 1 fully saturated rings. The van der Waals surface area contributed by atoms with Gasteiger partial charge in [-0.25, -0.2) is 4.98 Å². The highest BCUT2D eigenvalue weighted by Gasteiger charge is 2.34. The van der Waals surface area contributed by atoms with E-state index in [0.29, 0.717) is 16.5 Å². The first-order valence-electron chi connectivity index (χ1n) is 8.06. The zero-order valence-corrected chi connectivity index (χ0v) is 14.9. The molecular weight excluding hydrogens is 362 g/mol. The minimum atomic E-state index is -0.378. The normalized spacial score (nSPS) is 15.3. The average Bonchev–Trinajstić information content (AvgIpc) is 3.27. The van der Waals surface area contributed by atoms with Crippen molar-refractivity contribution in [3.63, 3.8) is 0 Å². The van der Waals surface area contributed by atoms with E-state index in [0.717, 1.165) is 11.3 Å². The molecule has 1 amide bonds. The Labute approximate surface area is 159 Å². The lowest BCUT2D eigenvalue weighted by Gasteiger charge is -2.10. The lowest BCUT2D eigenvalue weighted by molar-refractivity contribution is -0.112. The maximum absolute atomic E-state index is 12.7. The fourth-order valence-electron chi connectivity index (χ4n) is 2.52. The highest BCUT2D eigenvalue weighted by molar-refractivity contribution is 7.14. The number of benzene rings is 2. The SMILES string of the molecule is C=C1NN(c2nc(-c3ccccc3)cs2)C(=O)/C1=N/Nc1ccccc1O. The van der Waals surface area contributed by atoms with Gasteiger partial charge >= 0.3 is 5.91 Å². The van der Waals surface area contributed by atoms with Gasteiger partial charge in [0, 0.05) is 10.9 Å². The molecule has 1 aromatic heterocycles. The first-order chi connectivity index (χ1) is 13.1. The second-order valence-electron chi connectivity index (χ2n) is 5.70. The van der Waals surface area contributed by atoms with Gasteiger partial charge in [-0.2, -0.15) is 10.1 Å². The van der Waals surface area contributed by atoms with Gasteiger partial charge in [-0.1, -0.05) is 49.0 Å². The maximum atomic E-state index is 12.7. The first kappa shape index (κ1) is 16.8. The highest BCUT2D eigenvalue weighted by Crippen LogP contribution is 2.29. The molecule has 27 heavy (non-hydrogen) atoms. The number of para-hydroxylation sites is 2. The Morgan fingerprint density at radius 1 is 1.15 bits per heavy atom. The lowest BCUT2D eigenvalue weighted by Crippen LogP contribution is -2.34. The van der Waals surface area contributed by atoms with E-state index in [1.54, 1.807) is 18.2 Å². The Bertz CT molecular complexity index is 1050. The molecule has 1 aliphatic rings. The summed E-state index contributed by atoms with van der Waals surface area (Å²) in [5.74, 6) is -0.341. The summed E-state index contributed by atoms with van der Waals surface area (Å²) in [6.07, 6.45) is 0. The Morgan fingerprint density at radius 2 is 1.89 bits per heavy atom. The van der Waals surface area contributed by atoms with Crippen LogP contribution in [-0.4, -0.2) is 21.7 Å². The smallest absolute Gasteiger partial charge is 0.301 e. The van der Waals surface area contributed by atoms with Crippen molar-refractivity contribution in [3.8, 4) is 17.0 Å². The van der Waals surface area contributed by atoms with E-state index in [1.165, 1.54) is 22.4 Å². The van der Waals surface area contributed by atoms with Crippen LogP contribution < -0.4 is 15.9 Å². The number of carbonyl (C=O) groups excluding carboxylic acids is 1. The summed E-state index contributed by atoms with van der Waals surface area (Å²) in [7, 11) is 0. The molecule has 0 bridgehead atoms. The molecule has 1 saturated heterocycles. The summed E-state index contributed by atoms with van der Waals surface area (Å²) in [5, 5.41) is 17.6. The molecule has 4 rings (SSSR count). The molecule has 0 aliphatic carbocycles. The van der Waals surface area contributed by atoms with Crippen molar-refractivity contribution in [3.05, 3.63) is 72.3 Å². The largest absolute Gasteiger partial charge is 0.506 e. The van der Waals surface area contributed by atoms with Gasteiger partial charge in [0.25, 0.3) is 0 Å². The zero-order chi connectivity index (χ0) is 18.8. The predicted molar refractivity (Wildman–Crippen MR) is 106 cm³/mol. The van der Waals surface area contributed by atoms with Crippen LogP contribution >= 0.6 is 11.3 Å². The monoisotopic (exact) mass is 377 g/mol. The van der Waals surface area contributed by atoms with Gasteiger partial charge in [0.2, 0.25) is 5.13 Å². The van der Waals surface area contributed by atoms with E-state index in [-0.39, 0.29) is 17.4 Å². The molecule has 3 N–H and O–H groups in total. The number of hydrazone groups is 1. The molecule has 0 atom stereocenters. The highest BCUT2D eigenvalue weighted by atomic mass is 32.1. The summed E-state index contributed by atoms with van der Waals surface area (Å²) in [4.78, 5) is 17.2. The maximum Gasteiger partial charge on any atom is 0.301 e. The number of aromatic nitrogens is 1. The molecule has 0 unspecified atom stereocenters. The number of amides is 1. The number of rotatable bonds is 4. The fourth-order valence-corrected chi connectivity index (χ4v) is 3.31. The van der Waals surface area contributed by atoms with Crippen molar-refractivity contribution < 1.29 is 9.90 Å². The van der Waals surface area contributed by atoms with Crippen molar-refractivity contribution in [1.82, 2.24) is 10.4 Å². The molecule has 0 spiro atoms. The standard InChI is InChI=1S/C19H15N5O2S/c1-12-17(22-21-14-9-5-6-10-16(14)25)18(26)24(23-12)19-20-15(11-27-19)13-7-3-2-4-8-13/h2-11,21,23,25H,1H2/b22-17+. The number of phenols is 1. The van der Waals surface area contributed by atoms with Crippen molar-refractivity contribution in [1.29, 1.82) is 0 Å². The van der Waals surface area contributed by atoms with Crippen LogP contribution in [0.1, 0.15) is 0 Å². The number of aromatic hydroxyl groups is 1. The van der Waals surface area contributed by atoms with Crippen molar-refractivity contribution in [2.24, 2.45) is 5.10 Å². The van der Waals surface area contributed by atoms with E-state index >= 15 is 0 Å². The predicted octanol–water partition coefficient (Wildman–Crippen LogP) is 3.35. The fraction of sp³-hybridized carbons (Fsp3) is 0. The molecule has 0 saturated carbocycles. The van der Waals surface area contributed by atoms with Crippen LogP contribution in [0, 0.1) is 0 Å². The summed E-state index contributed by atoms with van der Waals surface area (Å²) in [5.41, 5.74) is 8.20. The van der Waals surface area contributed by atoms with Gasteiger partial charge in [-0.05, 0) is 12.1 Å². The number of nitrogens with one attached hydrogen (secondary N) is 2. The van der Waals surface area contributed by atoms with E-state index in [4.69, 9.17) is 0 Å². The molecule has 2 heterocycles. The molecule has 134 valence electrons. The van der Waals surface area contributed by atoms with Crippen LogP contribution in [0.25, 0.3) is 11.3 Å². The van der Waals surface area contributed by atoms with Crippen LogP contribution in [0.15, 0.2) is 77.4 Å². The molecule has 3 aromatic rings. The van der Waals surface area contributed by atoms with Gasteiger partial charge < -0.3 is 5.11 Å². The minimum absolute atomic E-state index is 0.0372. The number of hydrogen-bond acceptors (Lipinski definition) is 7. The number of phenolic OH excluding ortho intramolecular Hbond substituents is 1. The Balaban J connectivity index is 1.56. The lowest BCUT2D eigenvalue weighted by atomic mass is 10.2. The molecule has 1 aliphatic heterocycles. The number of thiazole rings is 1. The number of carbonyl (C=O) groups is 1. The molecule has 0 radical (unpaired) electrons. The second-order valence-corrected chi connectivity index (χ2v) is 6.54. The number of hydrazine groups is 1. The average molecular weight is 377 g/mol. The van der Waals surface area contributed by atoms with E-state index in [1.807, 2.05) is 35.7 Å². The molecule has 7 nitrogen and oxygen atoms in total. The topological polar surface area (TPSA) is 89.9 Å². The molecule has 2 aromatic carbocycles. The quantitative estimate of drug-likeness (QED) is 0.479. The van der Waals surface area contributed by atoms with Crippen molar-refractivity contribution >= 4 is 33.8 Å². The zero-order valence-electron chi connectivity index (χ0n) is 14.1. The van der Waals surface area contributed by atoms with Gasteiger partial charge in [0.1, 0.15) is 5.75 Å². The third-order valence-corrected chi connectivity index (χ3v) is 4.71. The number of anilines is 2. The van der Waals surface area contributed by atoms with Crippen LogP contribution in [-0.2, 0) is 4.79 Å². The van der Waals surface area contributed by atoms with Crippen LogP contribution in [0.2, 0.25) is 0 Å². The van der Waals surface area contributed by atoms with E-state index in [9.17, 15) is 9.90 Å². The van der Waals surface area contributed by atoms with Gasteiger partial charge in [-0.15, -0.1) is 11.3 Å². The second kappa shape index (κ2) is 6.93. The van der Waals surface area contributed by atoms with Crippen molar-refractivity contribution in [2.75, 3.05) is 10.4 Å². The molecule has 8 heteroatoms. The van der Waals surface area contributed by atoms with Crippen LogP contribution in [0.3, 0.4) is 0 Å². The Hall–Kier alpha value is -3.65. The summed E-state index contributed by atoms with van der Waals surface area (Å²) >= 11 is 1.34.